The van der Waals surface area contributed by atoms with E-state index < -0.39 is 5.97 Å². The third kappa shape index (κ3) is 5.69. The monoisotopic (exact) mass is 291 g/mol. The minimum absolute atomic E-state index is 0.0493. The molecule has 0 fully saturated rings. The first kappa shape index (κ1) is 16.8. The maximum atomic E-state index is 12.1. The van der Waals surface area contributed by atoms with Crippen LogP contribution in [-0.2, 0) is 9.59 Å². The first-order valence-electron chi connectivity index (χ1n) is 6.78. The number of carboxylic acid groups (broad SMARTS) is 1. The van der Waals surface area contributed by atoms with Crippen LogP contribution in [0.2, 0.25) is 0 Å². The van der Waals surface area contributed by atoms with Crippen LogP contribution in [0.15, 0.2) is 30.3 Å². The summed E-state index contributed by atoms with van der Waals surface area (Å²) in [6, 6.07) is 7.30. The summed E-state index contributed by atoms with van der Waals surface area (Å²) in [5.74, 6) is -0.393. The van der Waals surface area contributed by atoms with Crippen molar-refractivity contribution in [3.8, 4) is 5.75 Å². The molecule has 0 aliphatic carbocycles. The number of carbonyl (C=O) groups is 2. The van der Waals surface area contributed by atoms with Gasteiger partial charge in [0.05, 0.1) is 13.5 Å². The van der Waals surface area contributed by atoms with E-state index in [0.29, 0.717) is 0 Å². The second-order valence-corrected chi connectivity index (χ2v) is 4.88. The highest BCUT2D eigenvalue weighted by atomic mass is 16.5. The number of carbonyl (C=O) groups excluding carboxylic acids is 1. The largest absolute Gasteiger partial charge is 0.497 e. The Morgan fingerprint density at radius 1 is 1.38 bits per heavy atom. The van der Waals surface area contributed by atoms with Crippen molar-refractivity contribution in [3.05, 3.63) is 35.9 Å². The highest BCUT2D eigenvalue weighted by Crippen LogP contribution is 2.14. The van der Waals surface area contributed by atoms with E-state index in [2.05, 4.69) is 0 Å². The molecule has 0 saturated carbocycles. The van der Waals surface area contributed by atoms with E-state index in [4.69, 9.17) is 9.84 Å². The summed E-state index contributed by atoms with van der Waals surface area (Å²) in [7, 11) is 1.58. The molecule has 21 heavy (non-hydrogen) atoms. The average Bonchev–Trinajstić information content (AvgIpc) is 2.44. The van der Waals surface area contributed by atoms with Gasteiger partial charge in [-0.25, -0.2) is 0 Å². The van der Waals surface area contributed by atoms with Gasteiger partial charge in [-0.2, -0.15) is 0 Å². The molecule has 5 nitrogen and oxygen atoms in total. The van der Waals surface area contributed by atoms with Gasteiger partial charge in [0.15, 0.2) is 0 Å². The second kappa shape index (κ2) is 8.09. The van der Waals surface area contributed by atoms with E-state index in [1.54, 1.807) is 13.2 Å². The van der Waals surface area contributed by atoms with Crippen molar-refractivity contribution in [2.24, 2.45) is 0 Å². The second-order valence-electron chi connectivity index (χ2n) is 4.88. The van der Waals surface area contributed by atoms with Crippen molar-refractivity contribution in [1.29, 1.82) is 0 Å². The summed E-state index contributed by atoms with van der Waals surface area (Å²) in [5.41, 5.74) is 0.852. The van der Waals surface area contributed by atoms with E-state index in [0.717, 1.165) is 11.3 Å². The third-order valence-corrected chi connectivity index (χ3v) is 2.99. The summed E-state index contributed by atoms with van der Waals surface area (Å²) < 4.78 is 5.12. The van der Waals surface area contributed by atoms with Crippen molar-refractivity contribution >= 4 is 18.0 Å². The van der Waals surface area contributed by atoms with Gasteiger partial charge in [-0.1, -0.05) is 12.1 Å². The molecule has 0 aromatic heterocycles. The Morgan fingerprint density at radius 2 is 2.10 bits per heavy atom. The lowest BCUT2D eigenvalue weighted by Gasteiger charge is -2.24. The van der Waals surface area contributed by atoms with Gasteiger partial charge in [0.2, 0.25) is 5.91 Å². The zero-order chi connectivity index (χ0) is 15.8. The van der Waals surface area contributed by atoms with E-state index in [9.17, 15) is 9.59 Å². The third-order valence-electron chi connectivity index (χ3n) is 2.99. The number of rotatable bonds is 7. The van der Waals surface area contributed by atoms with E-state index in [1.807, 2.05) is 38.1 Å². The van der Waals surface area contributed by atoms with Crippen LogP contribution < -0.4 is 4.74 Å². The molecule has 0 bridgehead atoms. The Labute approximate surface area is 124 Å². The lowest BCUT2D eigenvalue weighted by atomic mass is 10.2. The van der Waals surface area contributed by atoms with Gasteiger partial charge < -0.3 is 14.7 Å². The predicted molar refractivity (Wildman–Crippen MR) is 81.1 cm³/mol. The van der Waals surface area contributed by atoms with Crippen LogP contribution in [-0.4, -0.2) is 41.6 Å². The highest BCUT2D eigenvalue weighted by molar-refractivity contribution is 5.92. The van der Waals surface area contributed by atoms with E-state index >= 15 is 0 Å². The van der Waals surface area contributed by atoms with Gasteiger partial charge in [0, 0.05) is 18.7 Å². The fraction of sp³-hybridized carbons (Fsp3) is 0.375. The lowest BCUT2D eigenvalue weighted by Crippen LogP contribution is -2.37. The van der Waals surface area contributed by atoms with Crippen molar-refractivity contribution in [2.75, 3.05) is 13.7 Å². The zero-order valence-electron chi connectivity index (χ0n) is 12.6. The molecule has 1 aromatic rings. The molecule has 114 valence electrons. The molecule has 0 unspecified atom stereocenters. The maximum Gasteiger partial charge on any atom is 0.305 e. The fourth-order valence-electron chi connectivity index (χ4n) is 1.85. The van der Waals surface area contributed by atoms with Crippen molar-refractivity contribution < 1.29 is 19.4 Å². The number of ether oxygens (including phenoxy) is 1. The number of methoxy groups -OCH3 is 1. The molecular formula is C16H21NO4. The molecule has 0 aliphatic rings. The summed E-state index contributed by atoms with van der Waals surface area (Å²) in [4.78, 5) is 24.3. The number of carboxylic acids is 1. The Hall–Kier alpha value is -2.30. The van der Waals surface area contributed by atoms with E-state index in [-0.39, 0.29) is 24.9 Å². The van der Waals surface area contributed by atoms with Gasteiger partial charge in [-0.05, 0) is 37.6 Å². The Bertz CT molecular complexity index is 523. The normalized spacial score (nSPS) is 10.9. The number of nitrogens with zero attached hydrogens (tertiary/aromatic N) is 1. The minimum Gasteiger partial charge on any atom is -0.497 e. The Morgan fingerprint density at radius 3 is 2.67 bits per heavy atom. The lowest BCUT2D eigenvalue weighted by molar-refractivity contribution is -0.138. The van der Waals surface area contributed by atoms with Crippen LogP contribution in [0, 0.1) is 0 Å². The summed E-state index contributed by atoms with van der Waals surface area (Å²) in [6.45, 7) is 3.92. The summed E-state index contributed by atoms with van der Waals surface area (Å²) in [5, 5.41) is 8.72. The smallest absolute Gasteiger partial charge is 0.305 e. The van der Waals surface area contributed by atoms with Crippen LogP contribution in [0.4, 0.5) is 0 Å². The van der Waals surface area contributed by atoms with Crippen molar-refractivity contribution in [2.45, 2.75) is 26.3 Å². The van der Waals surface area contributed by atoms with Gasteiger partial charge in [-0.3, -0.25) is 9.59 Å². The molecule has 0 aliphatic heterocycles. The molecule has 0 spiro atoms. The number of hydrogen-bond donors (Lipinski definition) is 1. The minimum atomic E-state index is -0.912. The fourth-order valence-corrected chi connectivity index (χ4v) is 1.85. The standard InChI is InChI=1S/C16H21NO4/c1-12(2)17(10-9-16(19)20)15(18)8-7-13-5-4-6-14(11-13)21-3/h4-8,11-12H,9-10H2,1-3H3,(H,19,20)/b8-7+. The number of hydrogen-bond acceptors (Lipinski definition) is 3. The first-order chi connectivity index (χ1) is 9.93. The summed E-state index contributed by atoms with van der Waals surface area (Å²) in [6.07, 6.45) is 3.09. The quantitative estimate of drug-likeness (QED) is 0.783. The molecule has 0 radical (unpaired) electrons. The number of benzene rings is 1. The molecule has 1 rings (SSSR count). The zero-order valence-corrected chi connectivity index (χ0v) is 12.6. The van der Waals surface area contributed by atoms with Gasteiger partial charge >= 0.3 is 5.97 Å². The van der Waals surface area contributed by atoms with Crippen molar-refractivity contribution in [1.82, 2.24) is 4.90 Å². The number of aliphatic carboxylic acids is 1. The Balaban J connectivity index is 2.75. The first-order valence-corrected chi connectivity index (χ1v) is 6.78. The average molecular weight is 291 g/mol. The van der Waals surface area contributed by atoms with Gasteiger partial charge in [0.25, 0.3) is 0 Å². The highest BCUT2D eigenvalue weighted by Gasteiger charge is 2.15. The molecular weight excluding hydrogens is 270 g/mol. The van der Waals surface area contributed by atoms with Crippen LogP contribution in [0.1, 0.15) is 25.8 Å². The van der Waals surface area contributed by atoms with E-state index in [1.165, 1.54) is 11.0 Å². The predicted octanol–water partition coefficient (Wildman–Crippen LogP) is 2.42. The Kier molecular flexibility index (Phi) is 6.46. The molecule has 0 atom stereocenters. The summed E-state index contributed by atoms with van der Waals surface area (Å²) >= 11 is 0. The van der Waals surface area contributed by atoms with Crippen LogP contribution in [0.5, 0.6) is 5.75 Å². The molecule has 0 saturated heterocycles. The number of amides is 1. The maximum absolute atomic E-state index is 12.1. The molecule has 0 heterocycles. The van der Waals surface area contributed by atoms with Crippen LogP contribution >= 0.6 is 0 Å². The molecule has 5 heteroatoms. The molecule has 1 amide bonds. The van der Waals surface area contributed by atoms with Crippen LogP contribution in [0.3, 0.4) is 0 Å². The topological polar surface area (TPSA) is 66.8 Å². The molecule has 1 N–H and O–H groups in total. The SMILES string of the molecule is COc1cccc(/C=C/C(=O)N(CCC(=O)O)C(C)C)c1. The van der Waals surface area contributed by atoms with Gasteiger partial charge in [0.1, 0.15) is 5.75 Å². The van der Waals surface area contributed by atoms with Crippen molar-refractivity contribution in [3.63, 3.8) is 0 Å². The van der Waals surface area contributed by atoms with Crippen LogP contribution in [0.25, 0.3) is 6.08 Å². The van der Waals surface area contributed by atoms with Gasteiger partial charge in [-0.15, -0.1) is 0 Å². The molecule has 1 aromatic carbocycles.